The Labute approximate surface area is 234 Å². The molecule has 3 aromatic carbocycles. The number of halogens is 1. The van der Waals surface area contributed by atoms with E-state index in [2.05, 4.69) is 17.4 Å². The first-order valence-corrected chi connectivity index (χ1v) is 13.3. The number of hydrogen-bond donors (Lipinski definition) is 1. The molecular formula is C31H34ClN3O4. The highest BCUT2D eigenvalue weighted by molar-refractivity contribution is 6.30. The van der Waals surface area contributed by atoms with Gasteiger partial charge in [0.2, 0.25) is 17.7 Å². The molecule has 1 aliphatic heterocycles. The van der Waals surface area contributed by atoms with Gasteiger partial charge in [-0.1, -0.05) is 48.0 Å². The summed E-state index contributed by atoms with van der Waals surface area (Å²) in [4.78, 5) is 41.4. The van der Waals surface area contributed by atoms with E-state index in [1.165, 1.54) is 9.80 Å². The van der Waals surface area contributed by atoms with Crippen molar-refractivity contribution in [1.82, 2.24) is 15.1 Å². The number of carbonyl (C=O) groups is 3. The van der Waals surface area contributed by atoms with Crippen LogP contribution < -0.4 is 10.1 Å². The smallest absolute Gasteiger partial charge is 0.246 e. The fraction of sp³-hybridized carbons (Fsp3) is 0.323. The maximum atomic E-state index is 13.3. The molecule has 1 atom stereocenters. The van der Waals surface area contributed by atoms with E-state index in [4.69, 9.17) is 16.3 Å². The van der Waals surface area contributed by atoms with Crippen LogP contribution in [0.3, 0.4) is 0 Å². The zero-order valence-corrected chi connectivity index (χ0v) is 23.5. The number of rotatable bonds is 9. The highest BCUT2D eigenvalue weighted by Crippen LogP contribution is 2.30. The van der Waals surface area contributed by atoms with Crippen LogP contribution in [0.25, 0.3) is 11.1 Å². The molecule has 0 aromatic heterocycles. The lowest BCUT2D eigenvalue weighted by atomic mass is 9.96. The van der Waals surface area contributed by atoms with E-state index in [0.717, 1.165) is 39.1 Å². The van der Waals surface area contributed by atoms with Crippen molar-refractivity contribution in [2.75, 3.05) is 33.8 Å². The number of aryl methyl sites for hydroxylation is 2. The Balaban J connectivity index is 1.37. The van der Waals surface area contributed by atoms with Crippen molar-refractivity contribution < 1.29 is 19.1 Å². The number of nitrogens with zero attached hydrogens (tertiary/aromatic N) is 2. The summed E-state index contributed by atoms with van der Waals surface area (Å²) in [6, 6.07) is 19.0. The molecule has 1 saturated heterocycles. The van der Waals surface area contributed by atoms with Crippen LogP contribution in [0.5, 0.6) is 5.75 Å². The summed E-state index contributed by atoms with van der Waals surface area (Å²) in [6.45, 7) is 4.23. The standard InChI is InChI=1S/C31H34ClN3O4/c1-20-15-25(16-21(2)30(20)39-4)24-9-5-23(6-10-24)17-27-31(38)35(19-29(37)34(27)3)18-28(36)33-14-13-22-7-11-26(32)12-8-22/h5-12,15-16,27H,13-14,17-19H2,1-4H3,(H,33,36)/t27-/m0/s1. The monoisotopic (exact) mass is 547 g/mol. The van der Waals surface area contributed by atoms with E-state index < -0.39 is 6.04 Å². The molecule has 8 heteroatoms. The van der Waals surface area contributed by atoms with Crippen LogP contribution in [-0.4, -0.2) is 67.4 Å². The van der Waals surface area contributed by atoms with Crippen molar-refractivity contribution in [2.24, 2.45) is 0 Å². The molecule has 1 N–H and O–H groups in total. The van der Waals surface area contributed by atoms with E-state index in [-0.39, 0.29) is 30.8 Å². The Morgan fingerprint density at radius 2 is 1.59 bits per heavy atom. The number of methoxy groups -OCH3 is 1. The maximum Gasteiger partial charge on any atom is 0.246 e. The molecule has 1 aliphatic rings. The molecule has 0 radical (unpaired) electrons. The van der Waals surface area contributed by atoms with E-state index >= 15 is 0 Å². The van der Waals surface area contributed by atoms with Crippen molar-refractivity contribution in [3.63, 3.8) is 0 Å². The number of carbonyl (C=O) groups excluding carboxylic acids is 3. The first-order chi connectivity index (χ1) is 18.7. The van der Waals surface area contributed by atoms with Gasteiger partial charge in [0.1, 0.15) is 24.9 Å². The van der Waals surface area contributed by atoms with E-state index in [1.54, 1.807) is 14.2 Å². The van der Waals surface area contributed by atoms with Crippen LogP contribution in [0.4, 0.5) is 0 Å². The van der Waals surface area contributed by atoms with Gasteiger partial charge in [0, 0.05) is 25.0 Å². The van der Waals surface area contributed by atoms with Crippen LogP contribution in [0, 0.1) is 13.8 Å². The summed E-state index contributed by atoms with van der Waals surface area (Å²) < 4.78 is 5.48. The number of benzene rings is 3. The highest BCUT2D eigenvalue weighted by Gasteiger charge is 2.37. The predicted octanol–water partition coefficient (Wildman–Crippen LogP) is 4.20. The molecule has 3 amide bonds. The molecule has 0 unspecified atom stereocenters. The van der Waals surface area contributed by atoms with Gasteiger partial charge in [-0.15, -0.1) is 0 Å². The van der Waals surface area contributed by atoms with E-state index in [1.807, 2.05) is 62.4 Å². The highest BCUT2D eigenvalue weighted by atomic mass is 35.5. The van der Waals surface area contributed by atoms with Gasteiger partial charge in [0.05, 0.1) is 7.11 Å². The second kappa shape index (κ2) is 12.3. The average molecular weight is 548 g/mol. The molecule has 0 saturated carbocycles. The zero-order valence-electron chi connectivity index (χ0n) is 22.8. The number of piperazine rings is 1. The third-order valence-electron chi connectivity index (χ3n) is 7.15. The summed E-state index contributed by atoms with van der Waals surface area (Å²) in [7, 11) is 3.32. The number of nitrogens with one attached hydrogen (secondary N) is 1. The van der Waals surface area contributed by atoms with Crippen LogP contribution in [0.2, 0.25) is 5.02 Å². The van der Waals surface area contributed by atoms with Crippen LogP contribution in [0.15, 0.2) is 60.7 Å². The molecule has 39 heavy (non-hydrogen) atoms. The van der Waals surface area contributed by atoms with Crippen molar-refractivity contribution in [1.29, 1.82) is 0 Å². The molecular weight excluding hydrogens is 514 g/mol. The van der Waals surface area contributed by atoms with E-state index in [0.29, 0.717) is 24.4 Å². The fourth-order valence-electron chi connectivity index (χ4n) is 4.98. The number of amides is 3. The Morgan fingerprint density at radius 1 is 0.974 bits per heavy atom. The fourth-order valence-corrected chi connectivity index (χ4v) is 5.11. The zero-order chi connectivity index (χ0) is 28.1. The lowest BCUT2D eigenvalue weighted by Crippen LogP contribution is -2.60. The predicted molar refractivity (Wildman–Crippen MR) is 153 cm³/mol. The lowest BCUT2D eigenvalue weighted by molar-refractivity contribution is -0.155. The molecule has 1 fully saturated rings. The molecule has 1 heterocycles. The third-order valence-corrected chi connectivity index (χ3v) is 7.40. The molecule has 204 valence electrons. The van der Waals surface area contributed by atoms with Crippen molar-refractivity contribution in [2.45, 2.75) is 32.7 Å². The second-order valence-electron chi connectivity index (χ2n) is 9.99. The molecule has 7 nitrogen and oxygen atoms in total. The first-order valence-electron chi connectivity index (χ1n) is 13.0. The largest absolute Gasteiger partial charge is 0.496 e. The van der Waals surface area contributed by atoms with Gasteiger partial charge in [-0.05, 0) is 77.9 Å². The number of hydrogen-bond acceptors (Lipinski definition) is 4. The molecule has 0 bridgehead atoms. The van der Waals surface area contributed by atoms with Crippen molar-refractivity contribution >= 4 is 29.3 Å². The second-order valence-corrected chi connectivity index (χ2v) is 10.4. The van der Waals surface area contributed by atoms with Crippen LogP contribution in [-0.2, 0) is 27.2 Å². The number of ether oxygens (including phenoxy) is 1. The summed E-state index contributed by atoms with van der Waals surface area (Å²) in [5, 5.41) is 3.50. The van der Waals surface area contributed by atoms with Gasteiger partial charge >= 0.3 is 0 Å². The molecule has 0 spiro atoms. The Bertz CT molecular complexity index is 1330. The SMILES string of the molecule is COc1c(C)cc(-c2ccc(C[C@H]3C(=O)N(CC(=O)NCCc4ccc(Cl)cc4)CC(=O)N3C)cc2)cc1C. The van der Waals surface area contributed by atoms with Gasteiger partial charge < -0.3 is 19.9 Å². The van der Waals surface area contributed by atoms with Crippen molar-refractivity contribution in [3.05, 3.63) is 87.9 Å². The van der Waals surface area contributed by atoms with Gasteiger partial charge in [0.15, 0.2) is 0 Å². The molecule has 4 rings (SSSR count). The van der Waals surface area contributed by atoms with E-state index in [9.17, 15) is 14.4 Å². The van der Waals surface area contributed by atoms with Crippen LogP contribution >= 0.6 is 11.6 Å². The normalized spacial score (nSPS) is 15.5. The van der Waals surface area contributed by atoms with Gasteiger partial charge in [0.25, 0.3) is 0 Å². The van der Waals surface area contributed by atoms with Gasteiger partial charge in [-0.25, -0.2) is 0 Å². The minimum atomic E-state index is -0.663. The summed E-state index contributed by atoms with van der Waals surface area (Å²) in [5.41, 5.74) is 6.27. The molecule has 3 aromatic rings. The van der Waals surface area contributed by atoms with Crippen LogP contribution in [0.1, 0.15) is 22.3 Å². The Hall–Kier alpha value is -3.84. The first kappa shape index (κ1) is 28.2. The summed E-state index contributed by atoms with van der Waals surface area (Å²) in [5.74, 6) is 0.186. The third kappa shape index (κ3) is 6.79. The molecule has 0 aliphatic carbocycles. The topological polar surface area (TPSA) is 79.0 Å². The Kier molecular flexibility index (Phi) is 8.92. The lowest BCUT2D eigenvalue weighted by Gasteiger charge is -2.38. The Morgan fingerprint density at radius 3 is 2.21 bits per heavy atom. The summed E-state index contributed by atoms with van der Waals surface area (Å²) >= 11 is 5.91. The van der Waals surface area contributed by atoms with Gasteiger partial charge in [-0.2, -0.15) is 0 Å². The average Bonchev–Trinajstić information content (AvgIpc) is 2.91. The quantitative estimate of drug-likeness (QED) is 0.435. The minimum Gasteiger partial charge on any atom is -0.496 e. The number of likely N-dealkylation sites (N-methyl/N-ethyl adjacent to an activating group) is 1. The van der Waals surface area contributed by atoms with Gasteiger partial charge in [-0.3, -0.25) is 14.4 Å². The maximum absolute atomic E-state index is 13.3. The summed E-state index contributed by atoms with van der Waals surface area (Å²) in [6.07, 6.45) is 1.02. The minimum absolute atomic E-state index is 0.106. The van der Waals surface area contributed by atoms with Crippen molar-refractivity contribution in [3.8, 4) is 16.9 Å².